The van der Waals surface area contributed by atoms with Gasteiger partial charge in [-0.2, -0.15) is 5.10 Å². The number of hydrogen-bond donors (Lipinski definition) is 1. The number of aryl methyl sites for hydroxylation is 2. The zero-order chi connectivity index (χ0) is 15.6. The highest BCUT2D eigenvalue weighted by molar-refractivity contribution is 9.10. The largest absolute Gasteiger partial charge is 0.453 e. The molecule has 4 nitrogen and oxygen atoms in total. The van der Waals surface area contributed by atoms with Crippen molar-refractivity contribution in [3.8, 4) is 11.5 Å². The maximum absolute atomic E-state index is 6.19. The summed E-state index contributed by atoms with van der Waals surface area (Å²) in [5, 5.41) is 7.83. The molecule has 0 fully saturated rings. The molecule has 0 spiro atoms. The van der Waals surface area contributed by atoms with Crippen LogP contribution in [0.1, 0.15) is 36.8 Å². The van der Waals surface area contributed by atoms with Gasteiger partial charge < -0.3 is 10.1 Å². The number of aromatic nitrogens is 2. The number of nitrogens with zero attached hydrogens (tertiary/aromatic N) is 2. The third-order valence-corrected chi connectivity index (χ3v) is 4.10. The van der Waals surface area contributed by atoms with E-state index in [1.807, 2.05) is 37.7 Å². The van der Waals surface area contributed by atoms with Crippen LogP contribution in [-0.4, -0.2) is 16.3 Å². The van der Waals surface area contributed by atoms with E-state index in [4.69, 9.17) is 4.74 Å². The molecule has 2 aromatic rings. The lowest BCUT2D eigenvalue weighted by molar-refractivity contribution is 0.455. The average Bonchev–Trinajstić information content (AvgIpc) is 2.66. The summed E-state index contributed by atoms with van der Waals surface area (Å²) in [5.74, 6) is 1.69. The minimum atomic E-state index is 0.232. The van der Waals surface area contributed by atoms with Crippen LogP contribution in [0.4, 0.5) is 0 Å². The molecule has 0 aliphatic heterocycles. The minimum absolute atomic E-state index is 0.232. The second-order valence-corrected chi connectivity index (χ2v) is 6.10. The summed E-state index contributed by atoms with van der Waals surface area (Å²) in [5.41, 5.74) is 3.06. The van der Waals surface area contributed by atoms with Crippen molar-refractivity contribution in [2.24, 2.45) is 7.05 Å². The fourth-order valence-electron chi connectivity index (χ4n) is 2.38. The van der Waals surface area contributed by atoms with Crippen LogP contribution in [0.25, 0.3) is 0 Å². The predicted molar refractivity (Wildman–Crippen MR) is 89.0 cm³/mol. The van der Waals surface area contributed by atoms with E-state index in [1.54, 1.807) is 0 Å². The Hall–Kier alpha value is -1.33. The van der Waals surface area contributed by atoms with Gasteiger partial charge >= 0.3 is 0 Å². The zero-order valence-corrected chi connectivity index (χ0v) is 14.8. The van der Waals surface area contributed by atoms with E-state index < -0.39 is 0 Å². The van der Waals surface area contributed by atoms with Crippen molar-refractivity contribution in [2.45, 2.75) is 33.7 Å². The van der Waals surface area contributed by atoms with Gasteiger partial charge in [-0.05, 0) is 39.4 Å². The van der Waals surface area contributed by atoms with Gasteiger partial charge in [0.25, 0.3) is 0 Å². The van der Waals surface area contributed by atoms with Crippen molar-refractivity contribution >= 4 is 15.9 Å². The maximum Gasteiger partial charge on any atom is 0.171 e. The molecule has 5 heteroatoms. The first-order valence-corrected chi connectivity index (χ1v) is 7.94. The molecule has 1 aromatic heterocycles. The van der Waals surface area contributed by atoms with E-state index in [1.165, 1.54) is 0 Å². The summed E-state index contributed by atoms with van der Waals surface area (Å²) >= 11 is 3.52. The Labute approximate surface area is 134 Å². The van der Waals surface area contributed by atoms with Gasteiger partial charge in [0.1, 0.15) is 11.4 Å². The van der Waals surface area contributed by atoms with Crippen LogP contribution in [0, 0.1) is 13.8 Å². The molecule has 0 amide bonds. The normalized spacial score (nSPS) is 12.5. The molecule has 0 aliphatic rings. The average molecular weight is 352 g/mol. The molecule has 1 heterocycles. The highest BCUT2D eigenvalue weighted by atomic mass is 79.9. The SMILES string of the molecule is CCNC(C)c1ccc(Br)cc1Oc1c(C)nn(C)c1C. The standard InChI is InChI=1S/C16H22BrN3O/c1-6-18-10(2)14-8-7-13(17)9-15(14)21-16-11(3)19-20(5)12(16)4/h7-10,18H,6H2,1-5H3. The minimum Gasteiger partial charge on any atom is -0.453 e. The summed E-state index contributed by atoms with van der Waals surface area (Å²) in [7, 11) is 1.93. The molecule has 0 aliphatic carbocycles. The quantitative estimate of drug-likeness (QED) is 0.874. The van der Waals surface area contributed by atoms with E-state index in [2.05, 4.69) is 46.3 Å². The summed E-state index contributed by atoms with van der Waals surface area (Å²) in [4.78, 5) is 0. The molecule has 0 bridgehead atoms. The van der Waals surface area contributed by atoms with Gasteiger partial charge in [0.2, 0.25) is 0 Å². The molecule has 1 N–H and O–H groups in total. The van der Waals surface area contributed by atoms with Gasteiger partial charge in [0.15, 0.2) is 5.75 Å². The van der Waals surface area contributed by atoms with Crippen molar-refractivity contribution in [2.75, 3.05) is 6.54 Å². The maximum atomic E-state index is 6.19. The lowest BCUT2D eigenvalue weighted by Gasteiger charge is -2.18. The second-order valence-electron chi connectivity index (χ2n) is 5.19. The number of hydrogen-bond acceptors (Lipinski definition) is 3. The van der Waals surface area contributed by atoms with E-state index in [0.29, 0.717) is 0 Å². The van der Waals surface area contributed by atoms with Crippen molar-refractivity contribution < 1.29 is 4.74 Å². The highest BCUT2D eigenvalue weighted by Crippen LogP contribution is 2.34. The Bertz CT molecular complexity index is 637. The first-order valence-electron chi connectivity index (χ1n) is 7.15. The number of ether oxygens (including phenoxy) is 1. The van der Waals surface area contributed by atoms with Gasteiger partial charge in [0, 0.05) is 23.1 Å². The number of rotatable bonds is 5. The monoisotopic (exact) mass is 351 g/mol. The molecular formula is C16H22BrN3O. The molecule has 21 heavy (non-hydrogen) atoms. The first-order chi connectivity index (χ1) is 9.93. The predicted octanol–water partition coefficient (Wildman–Crippen LogP) is 4.26. The molecule has 1 atom stereocenters. The van der Waals surface area contributed by atoms with Gasteiger partial charge in [-0.15, -0.1) is 0 Å². The second kappa shape index (κ2) is 6.62. The fraction of sp³-hybridized carbons (Fsp3) is 0.438. The van der Waals surface area contributed by atoms with E-state index in [0.717, 1.165) is 39.5 Å². The first kappa shape index (κ1) is 16.0. The van der Waals surface area contributed by atoms with Crippen molar-refractivity contribution in [1.82, 2.24) is 15.1 Å². The number of benzene rings is 1. The number of halogens is 1. The van der Waals surface area contributed by atoms with E-state index in [-0.39, 0.29) is 6.04 Å². The van der Waals surface area contributed by atoms with Crippen molar-refractivity contribution in [3.05, 3.63) is 39.6 Å². The lowest BCUT2D eigenvalue weighted by atomic mass is 10.1. The Kier molecular flexibility index (Phi) is 5.06. The van der Waals surface area contributed by atoms with Crippen LogP contribution in [0.3, 0.4) is 0 Å². The summed E-state index contributed by atoms with van der Waals surface area (Å²) < 4.78 is 9.03. The molecule has 114 valence electrons. The molecule has 1 unspecified atom stereocenters. The van der Waals surface area contributed by atoms with Crippen LogP contribution < -0.4 is 10.1 Å². The molecule has 0 radical (unpaired) electrons. The number of nitrogens with one attached hydrogen (secondary N) is 1. The van der Waals surface area contributed by atoms with Crippen molar-refractivity contribution in [1.29, 1.82) is 0 Å². The van der Waals surface area contributed by atoms with Gasteiger partial charge in [-0.1, -0.05) is 28.9 Å². The molecule has 1 aromatic carbocycles. The Morgan fingerprint density at radius 3 is 2.67 bits per heavy atom. The van der Waals surface area contributed by atoms with E-state index >= 15 is 0 Å². The zero-order valence-electron chi connectivity index (χ0n) is 13.2. The van der Waals surface area contributed by atoms with Crippen LogP contribution in [0.5, 0.6) is 11.5 Å². The Morgan fingerprint density at radius 2 is 2.10 bits per heavy atom. The topological polar surface area (TPSA) is 39.1 Å². The molecule has 2 rings (SSSR count). The fourth-order valence-corrected chi connectivity index (χ4v) is 2.72. The third kappa shape index (κ3) is 3.47. The van der Waals surface area contributed by atoms with Crippen LogP contribution in [0.15, 0.2) is 22.7 Å². The van der Waals surface area contributed by atoms with Crippen LogP contribution in [0.2, 0.25) is 0 Å². The van der Waals surface area contributed by atoms with Crippen LogP contribution >= 0.6 is 15.9 Å². The van der Waals surface area contributed by atoms with Crippen LogP contribution in [-0.2, 0) is 7.05 Å². The molecule has 0 saturated heterocycles. The van der Waals surface area contributed by atoms with E-state index in [9.17, 15) is 0 Å². The van der Waals surface area contributed by atoms with Gasteiger partial charge in [-0.3, -0.25) is 4.68 Å². The van der Waals surface area contributed by atoms with Gasteiger partial charge in [0.05, 0.1) is 5.69 Å². The molecule has 0 saturated carbocycles. The highest BCUT2D eigenvalue weighted by Gasteiger charge is 2.16. The summed E-state index contributed by atoms with van der Waals surface area (Å²) in [6, 6.07) is 6.37. The van der Waals surface area contributed by atoms with Gasteiger partial charge in [-0.25, -0.2) is 0 Å². The lowest BCUT2D eigenvalue weighted by Crippen LogP contribution is -2.18. The smallest absolute Gasteiger partial charge is 0.171 e. The summed E-state index contributed by atoms with van der Waals surface area (Å²) in [6.45, 7) is 9.14. The Balaban J connectivity index is 2.40. The third-order valence-electron chi connectivity index (χ3n) is 3.61. The molecular weight excluding hydrogens is 330 g/mol. The van der Waals surface area contributed by atoms with Crippen molar-refractivity contribution in [3.63, 3.8) is 0 Å². The summed E-state index contributed by atoms with van der Waals surface area (Å²) in [6.07, 6.45) is 0. The Morgan fingerprint density at radius 1 is 1.38 bits per heavy atom.